The van der Waals surface area contributed by atoms with Crippen LogP contribution in [-0.2, 0) is 32.0 Å². The van der Waals surface area contributed by atoms with Crippen molar-refractivity contribution in [1.29, 1.82) is 0 Å². The van der Waals surface area contributed by atoms with Gasteiger partial charge in [-0.05, 0) is 48.9 Å². The standard InChI is InChI=1S/C25H30N2O4/c1-5-18-11-8-12-19(6-2)24(18)27-14-20(13-22(27)29)25(30)31-15-21(28)26-23-16(3)9-7-10-17(23)4/h7-12,20H,5-6,13-15H2,1-4H3,(H,26,28)/t20-/m1/s1. The second-order valence-electron chi connectivity index (χ2n) is 7.96. The topological polar surface area (TPSA) is 75.7 Å². The second kappa shape index (κ2) is 9.77. The van der Waals surface area contributed by atoms with Crippen molar-refractivity contribution in [3.05, 3.63) is 58.7 Å². The van der Waals surface area contributed by atoms with Crippen molar-refractivity contribution in [1.82, 2.24) is 0 Å². The average Bonchev–Trinajstić information content (AvgIpc) is 3.15. The van der Waals surface area contributed by atoms with Gasteiger partial charge in [-0.1, -0.05) is 50.2 Å². The number of carbonyl (C=O) groups is 3. The fraction of sp³-hybridized carbons (Fsp3) is 0.400. The highest BCUT2D eigenvalue weighted by Crippen LogP contribution is 2.32. The maximum absolute atomic E-state index is 12.7. The first kappa shape index (κ1) is 22.5. The van der Waals surface area contributed by atoms with Crippen molar-refractivity contribution in [3.63, 3.8) is 0 Å². The summed E-state index contributed by atoms with van der Waals surface area (Å²) < 4.78 is 5.26. The number of carbonyl (C=O) groups excluding carboxylic acids is 3. The van der Waals surface area contributed by atoms with Crippen LogP contribution in [0.5, 0.6) is 0 Å². The van der Waals surface area contributed by atoms with E-state index in [-0.39, 0.29) is 25.5 Å². The van der Waals surface area contributed by atoms with E-state index in [2.05, 4.69) is 19.2 Å². The summed E-state index contributed by atoms with van der Waals surface area (Å²) in [7, 11) is 0. The van der Waals surface area contributed by atoms with Crippen molar-refractivity contribution in [2.24, 2.45) is 5.92 Å². The van der Waals surface area contributed by atoms with E-state index in [1.807, 2.05) is 50.2 Å². The molecule has 0 bridgehead atoms. The Balaban J connectivity index is 1.63. The zero-order chi connectivity index (χ0) is 22.5. The summed E-state index contributed by atoms with van der Waals surface area (Å²) >= 11 is 0. The SMILES string of the molecule is CCc1cccc(CC)c1N1C[C@H](C(=O)OCC(=O)Nc2c(C)cccc2C)CC1=O. The molecule has 164 valence electrons. The monoisotopic (exact) mass is 422 g/mol. The maximum atomic E-state index is 12.7. The van der Waals surface area contributed by atoms with Gasteiger partial charge in [-0.15, -0.1) is 0 Å². The molecular formula is C25H30N2O4. The van der Waals surface area contributed by atoms with Crippen LogP contribution in [0.25, 0.3) is 0 Å². The van der Waals surface area contributed by atoms with Gasteiger partial charge in [0.05, 0.1) is 5.92 Å². The quantitative estimate of drug-likeness (QED) is 0.685. The molecule has 31 heavy (non-hydrogen) atoms. The van der Waals surface area contributed by atoms with E-state index in [4.69, 9.17) is 4.74 Å². The maximum Gasteiger partial charge on any atom is 0.311 e. The predicted molar refractivity (Wildman–Crippen MR) is 121 cm³/mol. The third-order valence-electron chi connectivity index (χ3n) is 5.78. The van der Waals surface area contributed by atoms with Gasteiger partial charge in [-0.2, -0.15) is 0 Å². The van der Waals surface area contributed by atoms with Crippen LogP contribution >= 0.6 is 0 Å². The molecule has 1 saturated heterocycles. The molecule has 0 radical (unpaired) electrons. The number of para-hydroxylation sites is 2. The smallest absolute Gasteiger partial charge is 0.311 e. The van der Waals surface area contributed by atoms with Gasteiger partial charge in [0.25, 0.3) is 5.91 Å². The zero-order valence-electron chi connectivity index (χ0n) is 18.7. The Morgan fingerprint density at radius 1 is 1.03 bits per heavy atom. The minimum absolute atomic E-state index is 0.0856. The molecule has 1 heterocycles. The van der Waals surface area contributed by atoms with Gasteiger partial charge in [0.1, 0.15) is 0 Å². The van der Waals surface area contributed by atoms with E-state index >= 15 is 0 Å². The molecule has 1 aliphatic heterocycles. The van der Waals surface area contributed by atoms with Gasteiger partial charge >= 0.3 is 5.97 Å². The molecule has 2 aromatic rings. The van der Waals surface area contributed by atoms with Gasteiger partial charge in [-0.25, -0.2) is 0 Å². The van der Waals surface area contributed by atoms with Crippen LogP contribution in [0.1, 0.15) is 42.5 Å². The van der Waals surface area contributed by atoms with Crippen LogP contribution in [0.3, 0.4) is 0 Å². The van der Waals surface area contributed by atoms with Crippen LogP contribution in [-0.4, -0.2) is 30.9 Å². The number of nitrogens with zero attached hydrogens (tertiary/aromatic N) is 1. The molecule has 1 aliphatic rings. The first-order valence-electron chi connectivity index (χ1n) is 10.8. The minimum atomic E-state index is -0.574. The number of anilines is 2. The number of hydrogen-bond donors (Lipinski definition) is 1. The molecule has 0 aromatic heterocycles. The Bertz CT molecular complexity index is 957. The van der Waals surface area contributed by atoms with E-state index in [1.165, 1.54) is 0 Å². The summed E-state index contributed by atoms with van der Waals surface area (Å²) in [5, 5.41) is 2.80. The van der Waals surface area contributed by atoms with Gasteiger partial charge in [0.15, 0.2) is 6.61 Å². The Labute approximate surface area is 183 Å². The van der Waals surface area contributed by atoms with Crippen LogP contribution in [0.15, 0.2) is 36.4 Å². The number of rotatable bonds is 7. The lowest BCUT2D eigenvalue weighted by Gasteiger charge is -2.23. The molecule has 0 saturated carbocycles. The average molecular weight is 423 g/mol. The molecule has 2 amide bonds. The van der Waals surface area contributed by atoms with Gasteiger partial charge in [0, 0.05) is 24.3 Å². The number of nitrogens with one attached hydrogen (secondary N) is 1. The van der Waals surface area contributed by atoms with Crippen LogP contribution < -0.4 is 10.2 Å². The number of amides is 2. The van der Waals surface area contributed by atoms with E-state index in [0.717, 1.165) is 46.5 Å². The van der Waals surface area contributed by atoms with Crippen molar-refractivity contribution >= 4 is 29.2 Å². The lowest BCUT2D eigenvalue weighted by molar-refractivity contribution is -0.151. The molecule has 1 N–H and O–H groups in total. The molecule has 0 unspecified atom stereocenters. The second-order valence-corrected chi connectivity index (χ2v) is 7.96. The van der Waals surface area contributed by atoms with E-state index < -0.39 is 17.8 Å². The summed E-state index contributed by atoms with van der Waals surface area (Å²) in [6, 6.07) is 11.8. The highest BCUT2D eigenvalue weighted by molar-refractivity contribution is 6.01. The lowest BCUT2D eigenvalue weighted by atomic mass is 10.0. The van der Waals surface area contributed by atoms with Gasteiger partial charge < -0.3 is 15.0 Å². The van der Waals surface area contributed by atoms with Crippen LogP contribution in [0.2, 0.25) is 0 Å². The summed E-state index contributed by atoms with van der Waals surface area (Å²) in [5.74, 6) is -1.57. The molecular weight excluding hydrogens is 392 g/mol. The summed E-state index contributed by atoms with van der Waals surface area (Å²) in [5.41, 5.74) is 5.72. The number of hydrogen-bond acceptors (Lipinski definition) is 4. The Morgan fingerprint density at radius 3 is 2.19 bits per heavy atom. The Morgan fingerprint density at radius 2 is 1.61 bits per heavy atom. The van der Waals surface area contributed by atoms with Crippen LogP contribution in [0, 0.1) is 19.8 Å². The van der Waals surface area contributed by atoms with Crippen molar-refractivity contribution in [3.8, 4) is 0 Å². The Kier molecular flexibility index (Phi) is 7.10. The normalized spacial score (nSPS) is 15.8. The molecule has 6 nitrogen and oxygen atoms in total. The number of esters is 1. The highest BCUT2D eigenvalue weighted by atomic mass is 16.5. The fourth-order valence-electron chi connectivity index (χ4n) is 4.09. The van der Waals surface area contributed by atoms with Crippen molar-refractivity contribution < 1.29 is 19.1 Å². The lowest BCUT2D eigenvalue weighted by Crippen LogP contribution is -2.29. The predicted octanol–water partition coefficient (Wildman–Crippen LogP) is 3.96. The molecule has 2 aromatic carbocycles. The van der Waals surface area contributed by atoms with E-state index in [0.29, 0.717) is 0 Å². The molecule has 6 heteroatoms. The first-order valence-corrected chi connectivity index (χ1v) is 10.8. The number of aryl methyl sites for hydroxylation is 4. The van der Waals surface area contributed by atoms with Crippen molar-refractivity contribution in [2.45, 2.75) is 47.0 Å². The number of benzene rings is 2. The minimum Gasteiger partial charge on any atom is -0.455 e. The largest absolute Gasteiger partial charge is 0.455 e. The van der Waals surface area contributed by atoms with Crippen LogP contribution in [0.4, 0.5) is 11.4 Å². The highest BCUT2D eigenvalue weighted by Gasteiger charge is 2.37. The zero-order valence-corrected chi connectivity index (χ0v) is 18.7. The molecule has 0 aliphatic carbocycles. The van der Waals surface area contributed by atoms with E-state index in [9.17, 15) is 14.4 Å². The first-order chi connectivity index (χ1) is 14.8. The summed E-state index contributed by atoms with van der Waals surface area (Å²) in [6.45, 7) is 7.83. The fourth-order valence-corrected chi connectivity index (χ4v) is 4.09. The molecule has 3 rings (SSSR count). The van der Waals surface area contributed by atoms with E-state index in [1.54, 1.807) is 4.90 Å². The molecule has 0 spiro atoms. The third-order valence-corrected chi connectivity index (χ3v) is 5.78. The molecule has 1 fully saturated rings. The molecule has 1 atom stereocenters. The van der Waals surface area contributed by atoms with Gasteiger partial charge in [0.2, 0.25) is 5.91 Å². The summed E-state index contributed by atoms with van der Waals surface area (Å²) in [4.78, 5) is 39.3. The number of ether oxygens (including phenoxy) is 1. The summed E-state index contributed by atoms with van der Waals surface area (Å²) in [6.07, 6.45) is 1.71. The third kappa shape index (κ3) is 4.95. The van der Waals surface area contributed by atoms with Gasteiger partial charge in [-0.3, -0.25) is 14.4 Å². The Hall–Kier alpha value is -3.15. The van der Waals surface area contributed by atoms with Crippen molar-refractivity contribution in [2.75, 3.05) is 23.4 Å².